The molecule has 1 saturated heterocycles. The maximum absolute atomic E-state index is 10.5. The van der Waals surface area contributed by atoms with Crippen molar-refractivity contribution in [2.75, 3.05) is 24.4 Å². The number of aliphatic hydroxyl groups is 3. The minimum atomic E-state index is -1.36. The van der Waals surface area contributed by atoms with E-state index in [0.29, 0.717) is 17.9 Å². The fraction of sp³-hybridized carbons (Fsp3) is 0.368. The summed E-state index contributed by atoms with van der Waals surface area (Å²) in [5.74, 6) is 0.546. The van der Waals surface area contributed by atoms with Crippen LogP contribution < -0.4 is 15.9 Å². The summed E-state index contributed by atoms with van der Waals surface area (Å²) in [6.45, 7) is 1.71. The molecule has 0 amide bonds. The zero-order valence-electron chi connectivity index (χ0n) is 17.0. The van der Waals surface area contributed by atoms with E-state index < -0.39 is 31.1 Å². The molecule has 1 aromatic carbocycles. The van der Waals surface area contributed by atoms with Gasteiger partial charge in [0.2, 0.25) is 5.95 Å². The lowest BCUT2D eigenvalue weighted by atomic mass is 10.1. The quantitative estimate of drug-likeness (QED) is 0.204. The number of fused-ring (bicyclic) bond motifs is 1. The molecule has 4 atom stereocenters. The molecule has 170 valence electrons. The van der Waals surface area contributed by atoms with Crippen LogP contribution in [0.25, 0.3) is 11.2 Å². The van der Waals surface area contributed by atoms with Crippen LogP contribution in [0.5, 0.6) is 11.5 Å². The number of ether oxygens (including phenoxy) is 2. The van der Waals surface area contributed by atoms with Crippen molar-refractivity contribution in [3.63, 3.8) is 0 Å². The highest BCUT2D eigenvalue weighted by molar-refractivity contribution is 5.85. The summed E-state index contributed by atoms with van der Waals surface area (Å²) < 4.78 is 12.4. The molecular weight excluding hydrogens is 422 g/mol. The number of anilines is 2. The first kappa shape index (κ1) is 21.7. The number of aromatic hydroxyl groups is 1. The van der Waals surface area contributed by atoms with Gasteiger partial charge in [-0.2, -0.15) is 5.10 Å². The predicted octanol–water partition coefficient (Wildman–Crippen LogP) is -0.430. The fourth-order valence-electron chi connectivity index (χ4n) is 3.39. The Morgan fingerprint density at radius 1 is 1.31 bits per heavy atom. The van der Waals surface area contributed by atoms with Crippen molar-refractivity contribution in [1.82, 2.24) is 19.5 Å². The molecule has 0 aliphatic carbocycles. The second kappa shape index (κ2) is 8.92. The number of benzene rings is 1. The van der Waals surface area contributed by atoms with Crippen LogP contribution in [0, 0.1) is 0 Å². The number of nitrogens with two attached hydrogens (primary N) is 1. The molecule has 0 bridgehead atoms. The SMILES string of the molecule is CCOc1cc(/C=N/Nc2nc3c(N)ncnc3n2[C@@H]2O[C@H](CO)[C@@H](O)[C@@H]2O)ccc1O. The van der Waals surface area contributed by atoms with Crippen LogP contribution in [0.2, 0.25) is 0 Å². The van der Waals surface area contributed by atoms with Crippen molar-refractivity contribution in [2.24, 2.45) is 5.10 Å². The summed E-state index contributed by atoms with van der Waals surface area (Å²) in [6.07, 6.45) is -2.08. The fourth-order valence-corrected chi connectivity index (χ4v) is 3.39. The molecule has 7 N–H and O–H groups in total. The van der Waals surface area contributed by atoms with Crippen molar-refractivity contribution in [1.29, 1.82) is 0 Å². The Labute approximate surface area is 181 Å². The number of rotatable bonds is 7. The minimum Gasteiger partial charge on any atom is -0.504 e. The van der Waals surface area contributed by atoms with E-state index in [4.69, 9.17) is 15.2 Å². The number of hydrazone groups is 1. The molecule has 1 aliphatic rings. The number of hydrogen-bond donors (Lipinski definition) is 6. The predicted molar refractivity (Wildman–Crippen MR) is 113 cm³/mol. The molecule has 1 aliphatic heterocycles. The highest BCUT2D eigenvalue weighted by Crippen LogP contribution is 2.35. The number of aliphatic hydroxyl groups excluding tert-OH is 3. The normalized spacial score (nSPS) is 23.2. The number of nitrogens with one attached hydrogen (secondary N) is 1. The first-order chi connectivity index (χ1) is 15.4. The van der Waals surface area contributed by atoms with E-state index in [9.17, 15) is 20.4 Å². The van der Waals surface area contributed by atoms with Crippen molar-refractivity contribution < 1.29 is 29.9 Å². The van der Waals surface area contributed by atoms with Gasteiger partial charge in [0.1, 0.15) is 24.6 Å². The summed E-state index contributed by atoms with van der Waals surface area (Å²) in [4.78, 5) is 12.4. The average Bonchev–Trinajstić information content (AvgIpc) is 3.28. The summed E-state index contributed by atoms with van der Waals surface area (Å²) in [7, 11) is 0. The number of nitrogen functional groups attached to an aromatic ring is 1. The number of nitrogens with zero attached hydrogens (tertiary/aromatic N) is 5. The van der Waals surface area contributed by atoms with Gasteiger partial charge < -0.3 is 35.6 Å². The van der Waals surface area contributed by atoms with Gasteiger partial charge in [0.25, 0.3) is 0 Å². The molecule has 13 nitrogen and oxygen atoms in total. The molecule has 32 heavy (non-hydrogen) atoms. The highest BCUT2D eigenvalue weighted by Gasteiger charge is 2.45. The lowest BCUT2D eigenvalue weighted by Crippen LogP contribution is -2.33. The van der Waals surface area contributed by atoms with Gasteiger partial charge in [0.05, 0.1) is 19.4 Å². The first-order valence-electron chi connectivity index (χ1n) is 9.80. The molecule has 3 heterocycles. The van der Waals surface area contributed by atoms with E-state index >= 15 is 0 Å². The number of aromatic nitrogens is 4. The van der Waals surface area contributed by atoms with Crippen molar-refractivity contribution in [2.45, 2.75) is 31.5 Å². The van der Waals surface area contributed by atoms with Crippen LogP contribution in [-0.4, -0.2) is 77.7 Å². The summed E-state index contributed by atoms with van der Waals surface area (Å²) in [5.41, 5.74) is 9.78. The Hall–Kier alpha value is -3.52. The van der Waals surface area contributed by atoms with Gasteiger partial charge in [-0.25, -0.2) is 20.4 Å². The summed E-state index contributed by atoms with van der Waals surface area (Å²) >= 11 is 0. The van der Waals surface area contributed by atoms with E-state index in [-0.39, 0.29) is 28.7 Å². The van der Waals surface area contributed by atoms with E-state index in [1.54, 1.807) is 19.1 Å². The van der Waals surface area contributed by atoms with Gasteiger partial charge in [-0.05, 0) is 30.7 Å². The van der Waals surface area contributed by atoms with Gasteiger partial charge in [-0.15, -0.1) is 0 Å². The van der Waals surface area contributed by atoms with E-state index in [1.165, 1.54) is 23.2 Å². The maximum atomic E-state index is 10.5. The maximum Gasteiger partial charge on any atom is 0.228 e. The number of phenols is 1. The van der Waals surface area contributed by atoms with Crippen LogP contribution in [-0.2, 0) is 4.74 Å². The first-order valence-corrected chi connectivity index (χ1v) is 9.80. The smallest absolute Gasteiger partial charge is 0.228 e. The molecule has 13 heteroatoms. The van der Waals surface area contributed by atoms with Crippen LogP contribution in [0.4, 0.5) is 11.8 Å². The zero-order chi connectivity index (χ0) is 22.8. The summed E-state index contributed by atoms with van der Waals surface area (Å²) in [6, 6.07) is 4.74. The molecule has 2 aromatic heterocycles. The van der Waals surface area contributed by atoms with Crippen LogP contribution in [0.1, 0.15) is 18.7 Å². The van der Waals surface area contributed by atoms with Crippen molar-refractivity contribution in [3.8, 4) is 11.5 Å². The van der Waals surface area contributed by atoms with Gasteiger partial charge in [-0.3, -0.25) is 4.57 Å². The van der Waals surface area contributed by atoms with Gasteiger partial charge in [0, 0.05) is 0 Å². The Morgan fingerprint density at radius 2 is 2.12 bits per heavy atom. The standard InChI is InChI=1S/C19H23N7O6/c1-2-31-11-5-9(3-4-10(11)28)6-23-25-19-24-13-16(20)21-8-22-17(13)26(19)18-15(30)14(29)12(7-27)32-18/h3-6,8,12,14-15,18,27-30H,2,7H2,1H3,(H,24,25)(H2,20,21,22)/b23-6+/t12-,14-,15+,18-/m1/s1. The third-order valence-corrected chi connectivity index (χ3v) is 4.94. The lowest BCUT2D eigenvalue weighted by Gasteiger charge is -2.18. The molecule has 4 rings (SSSR count). The Balaban J connectivity index is 1.67. The molecule has 0 spiro atoms. The van der Waals surface area contributed by atoms with E-state index in [1.807, 2.05) is 0 Å². The third kappa shape index (κ3) is 3.89. The average molecular weight is 445 g/mol. The molecule has 3 aromatic rings. The summed E-state index contributed by atoms with van der Waals surface area (Å²) in [5, 5.41) is 44.0. The van der Waals surface area contributed by atoms with Crippen LogP contribution >= 0.6 is 0 Å². The molecule has 0 radical (unpaired) electrons. The minimum absolute atomic E-state index is 0.0113. The van der Waals surface area contributed by atoms with Gasteiger partial charge in [0.15, 0.2) is 34.7 Å². The number of imidazole rings is 1. The van der Waals surface area contributed by atoms with Crippen molar-refractivity contribution >= 4 is 29.1 Å². The Morgan fingerprint density at radius 3 is 2.84 bits per heavy atom. The van der Waals surface area contributed by atoms with Gasteiger partial charge >= 0.3 is 0 Å². The van der Waals surface area contributed by atoms with Crippen LogP contribution in [0.3, 0.4) is 0 Å². The Kier molecular flexibility index (Phi) is 6.05. The van der Waals surface area contributed by atoms with E-state index in [0.717, 1.165) is 0 Å². The third-order valence-electron chi connectivity index (χ3n) is 4.94. The molecule has 0 unspecified atom stereocenters. The zero-order valence-corrected chi connectivity index (χ0v) is 17.0. The largest absolute Gasteiger partial charge is 0.504 e. The number of hydrogen-bond acceptors (Lipinski definition) is 12. The molecule has 1 fully saturated rings. The van der Waals surface area contributed by atoms with Crippen molar-refractivity contribution in [3.05, 3.63) is 30.1 Å². The monoisotopic (exact) mass is 445 g/mol. The molecule has 0 saturated carbocycles. The second-order valence-electron chi connectivity index (χ2n) is 7.00. The molecular formula is C19H23N7O6. The van der Waals surface area contributed by atoms with Crippen LogP contribution in [0.15, 0.2) is 29.6 Å². The highest BCUT2D eigenvalue weighted by atomic mass is 16.6. The topological polar surface area (TPSA) is 193 Å². The number of phenolic OH excluding ortho intramolecular Hbond substituents is 1. The van der Waals surface area contributed by atoms with Gasteiger partial charge in [-0.1, -0.05) is 0 Å². The lowest BCUT2D eigenvalue weighted by molar-refractivity contribution is -0.0501. The second-order valence-corrected chi connectivity index (χ2v) is 7.00. The van der Waals surface area contributed by atoms with E-state index in [2.05, 4.69) is 25.5 Å². The Bertz CT molecular complexity index is 1140.